The van der Waals surface area contributed by atoms with Gasteiger partial charge < -0.3 is 0 Å². The van der Waals surface area contributed by atoms with E-state index in [1.54, 1.807) is 30.3 Å². The van der Waals surface area contributed by atoms with Gasteiger partial charge in [0.1, 0.15) is 0 Å². The van der Waals surface area contributed by atoms with E-state index in [-0.39, 0.29) is 12.3 Å². The monoisotopic (exact) mass is 451 g/mol. The molecule has 0 bridgehead atoms. The molecule has 4 nitrogen and oxygen atoms in total. The quantitative estimate of drug-likeness (QED) is 0.419. The standard InChI is InChI=1S/C25H22ClNO3S/c1-15-11-18-9-6-10-19(23(26)20(18)12-16(15)2)13-22-24(29)27(25(30)31-22)14-21(28)17-7-4-3-5-8-17/h3-5,7-8,11-13H,6,9-10,14H2,1-2H3/b22-13-. The molecular formula is C25H22ClNO3S. The smallest absolute Gasteiger partial charge is 0.292 e. The molecule has 0 atom stereocenters. The average molecular weight is 452 g/mol. The number of carbonyl (C=O) groups is 3. The zero-order valence-corrected chi connectivity index (χ0v) is 19.0. The van der Waals surface area contributed by atoms with Crippen molar-refractivity contribution in [2.24, 2.45) is 0 Å². The molecule has 0 N–H and O–H groups in total. The summed E-state index contributed by atoms with van der Waals surface area (Å²) in [6.45, 7) is 3.88. The fourth-order valence-electron chi connectivity index (χ4n) is 3.83. The van der Waals surface area contributed by atoms with Crippen molar-refractivity contribution in [3.8, 4) is 0 Å². The molecule has 1 fully saturated rings. The third kappa shape index (κ3) is 4.39. The second kappa shape index (κ2) is 8.85. The van der Waals surface area contributed by atoms with E-state index in [2.05, 4.69) is 26.0 Å². The van der Waals surface area contributed by atoms with Crippen molar-refractivity contribution in [3.63, 3.8) is 0 Å². The summed E-state index contributed by atoms with van der Waals surface area (Å²) in [6.07, 6.45) is 4.27. The molecule has 2 aromatic carbocycles. The van der Waals surface area contributed by atoms with Gasteiger partial charge in [-0.3, -0.25) is 19.3 Å². The maximum absolute atomic E-state index is 12.9. The molecule has 2 aliphatic rings. The van der Waals surface area contributed by atoms with Gasteiger partial charge in [-0.1, -0.05) is 48.0 Å². The average Bonchev–Trinajstić information content (AvgIpc) is 2.92. The molecule has 0 unspecified atom stereocenters. The topological polar surface area (TPSA) is 54.5 Å². The number of Topliss-reactive ketones (excluding diaryl/α,β-unsaturated/α-hetero) is 1. The molecule has 0 aromatic heterocycles. The fraction of sp³-hybridized carbons (Fsp3) is 0.240. The highest BCUT2D eigenvalue weighted by Gasteiger charge is 2.36. The Hall–Kier alpha value is -2.63. The predicted molar refractivity (Wildman–Crippen MR) is 125 cm³/mol. The van der Waals surface area contributed by atoms with E-state index in [1.165, 1.54) is 11.1 Å². The molecule has 1 aliphatic carbocycles. The van der Waals surface area contributed by atoms with Gasteiger partial charge in [-0.2, -0.15) is 0 Å². The number of benzene rings is 2. The first-order valence-corrected chi connectivity index (χ1v) is 11.4. The van der Waals surface area contributed by atoms with Gasteiger partial charge in [-0.05, 0) is 84.8 Å². The van der Waals surface area contributed by atoms with Crippen molar-refractivity contribution >= 4 is 45.3 Å². The first-order chi connectivity index (χ1) is 14.8. The Kier molecular flexibility index (Phi) is 6.17. The minimum Gasteiger partial charge on any atom is -0.292 e. The van der Waals surface area contributed by atoms with Gasteiger partial charge in [0, 0.05) is 5.56 Å². The van der Waals surface area contributed by atoms with Gasteiger partial charge in [0.15, 0.2) is 5.78 Å². The van der Waals surface area contributed by atoms with Crippen LogP contribution in [-0.4, -0.2) is 28.4 Å². The molecule has 158 valence electrons. The number of imide groups is 1. The van der Waals surface area contributed by atoms with Gasteiger partial charge >= 0.3 is 0 Å². The van der Waals surface area contributed by atoms with E-state index in [1.807, 2.05) is 6.07 Å². The van der Waals surface area contributed by atoms with E-state index < -0.39 is 11.1 Å². The summed E-state index contributed by atoms with van der Waals surface area (Å²) in [5.74, 6) is -0.712. The van der Waals surface area contributed by atoms with Crippen LogP contribution in [0.15, 0.2) is 59.0 Å². The van der Waals surface area contributed by atoms with Crippen LogP contribution in [0.5, 0.6) is 0 Å². The summed E-state index contributed by atoms with van der Waals surface area (Å²) in [7, 11) is 0. The number of fused-ring (bicyclic) bond motifs is 1. The van der Waals surface area contributed by atoms with Crippen molar-refractivity contribution < 1.29 is 14.4 Å². The first-order valence-electron chi connectivity index (χ1n) is 10.2. The molecule has 2 aromatic rings. The van der Waals surface area contributed by atoms with Crippen LogP contribution in [0.1, 0.15) is 45.5 Å². The van der Waals surface area contributed by atoms with Gasteiger partial charge in [0.05, 0.1) is 16.5 Å². The van der Waals surface area contributed by atoms with Crippen molar-refractivity contribution in [3.05, 3.63) is 86.8 Å². The van der Waals surface area contributed by atoms with Crippen LogP contribution in [0.4, 0.5) is 4.79 Å². The minimum absolute atomic E-state index is 0.264. The molecule has 31 heavy (non-hydrogen) atoms. The number of aryl methyl sites for hydroxylation is 3. The number of hydrogen-bond acceptors (Lipinski definition) is 4. The van der Waals surface area contributed by atoms with Crippen molar-refractivity contribution in [1.82, 2.24) is 4.90 Å². The van der Waals surface area contributed by atoms with E-state index in [0.29, 0.717) is 15.5 Å². The number of amides is 2. The van der Waals surface area contributed by atoms with Crippen molar-refractivity contribution in [2.45, 2.75) is 33.1 Å². The Morgan fingerprint density at radius 1 is 1.10 bits per heavy atom. The lowest BCUT2D eigenvalue weighted by Gasteiger charge is -2.12. The molecule has 0 radical (unpaired) electrons. The summed E-state index contributed by atoms with van der Waals surface area (Å²) in [6, 6.07) is 12.9. The van der Waals surface area contributed by atoms with E-state index in [4.69, 9.17) is 11.6 Å². The molecular weight excluding hydrogens is 430 g/mol. The second-order valence-electron chi connectivity index (χ2n) is 7.84. The number of ketones is 1. The third-order valence-corrected chi connectivity index (χ3v) is 7.06. The Balaban J connectivity index is 1.61. The number of nitrogens with zero attached hydrogens (tertiary/aromatic N) is 1. The van der Waals surface area contributed by atoms with Crippen LogP contribution >= 0.6 is 23.4 Å². The molecule has 2 amide bonds. The van der Waals surface area contributed by atoms with E-state index in [0.717, 1.165) is 52.6 Å². The molecule has 1 saturated heterocycles. The molecule has 0 saturated carbocycles. The molecule has 6 heteroatoms. The number of thioether (sulfide) groups is 1. The SMILES string of the molecule is Cc1cc2c(cc1C)C(Cl)=C(/C=C1\SC(=O)N(CC(=O)c3ccccc3)C1=O)CCC2. The third-order valence-electron chi connectivity index (χ3n) is 5.71. The Morgan fingerprint density at radius 2 is 1.81 bits per heavy atom. The zero-order valence-electron chi connectivity index (χ0n) is 17.4. The number of hydrogen-bond donors (Lipinski definition) is 0. The van der Waals surface area contributed by atoms with Crippen molar-refractivity contribution in [2.75, 3.05) is 6.54 Å². The number of rotatable bonds is 4. The van der Waals surface area contributed by atoms with Crippen LogP contribution in [0, 0.1) is 13.8 Å². The zero-order chi connectivity index (χ0) is 22.1. The van der Waals surface area contributed by atoms with E-state index in [9.17, 15) is 14.4 Å². The first kappa shape index (κ1) is 21.6. The predicted octanol–water partition coefficient (Wildman–Crippen LogP) is 6.05. The second-order valence-corrected chi connectivity index (χ2v) is 9.21. The Morgan fingerprint density at radius 3 is 2.55 bits per heavy atom. The maximum Gasteiger partial charge on any atom is 0.293 e. The highest BCUT2D eigenvalue weighted by molar-refractivity contribution is 8.18. The lowest BCUT2D eigenvalue weighted by molar-refractivity contribution is -0.122. The molecule has 1 aliphatic heterocycles. The lowest BCUT2D eigenvalue weighted by Crippen LogP contribution is -2.33. The maximum atomic E-state index is 12.9. The summed E-state index contributed by atoms with van der Waals surface area (Å²) in [4.78, 5) is 39.2. The Labute approximate surface area is 191 Å². The minimum atomic E-state index is -0.444. The summed E-state index contributed by atoms with van der Waals surface area (Å²) < 4.78 is 0. The van der Waals surface area contributed by atoms with Gasteiger partial charge in [0.25, 0.3) is 11.1 Å². The van der Waals surface area contributed by atoms with Crippen LogP contribution in [0.3, 0.4) is 0 Å². The van der Waals surface area contributed by atoms with Crippen molar-refractivity contribution in [1.29, 1.82) is 0 Å². The van der Waals surface area contributed by atoms with Gasteiger partial charge in [0.2, 0.25) is 0 Å². The summed E-state index contributed by atoms with van der Waals surface area (Å²) in [5, 5.41) is 0.195. The number of halogens is 1. The number of carbonyl (C=O) groups excluding carboxylic acids is 3. The molecule has 1 heterocycles. The van der Waals surface area contributed by atoms with Crippen LogP contribution in [0.2, 0.25) is 0 Å². The fourth-order valence-corrected chi connectivity index (χ4v) is 5.00. The highest BCUT2D eigenvalue weighted by atomic mass is 35.5. The van der Waals surface area contributed by atoms with E-state index >= 15 is 0 Å². The molecule has 4 rings (SSSR count). The van der Waals surface area contributed by atoms with Crippen LogP contribution in [0.25, 0.3) is 5.03 Å². The summed E-state index contributed by atoms with van der Waals surface area (Å²) >= 11 is 7.63. The van der Waals surface area contributed by atoms with Crippen LogP contribution < -0.4 is 0 Å². The lowest BCUT2D eigenvalue weighted by atomic mass is 9.98. The highest BCUT2D eigenvalue weighted by Crippen LogP contribution is 2.38. The normalized spacial score (nSPS) is 17.9. The Bertz CT molecular complexity index is 1150. The molecule has 0 spiro atoms. The van der Waals surface area contributed by atoms with Crippen LogP contribution in [-0.2, 0) is 11.2 Å². The van der Waals surface area contributed by atoms with Gasteiger partial charge in [-0.15, -0.1) is 0 Å². The van der Waals surface area contributed by atoms with Gasteiger partial charge in [-0.25, -0.2) is 0 Å². The largest absolute Gasteiger partial charge is 0.293 e. The number of allylic oxidation sites excluding steroid dienone is 2. The summed E-state index contributed by atoms with van der Waals surface area (Å²) in [5.41, 5.74) is 5.92.